The number of hydrogen-bond donors (Lipinski definition) is 1. The maximum atomic E-state index is 5.32. The van der Waals surface area contributed by atoms with E-state index in [1.165, 1.54) is 5.56 Å². The van der Waals surface area contributed by atoms with Crippen molar-refractivity contribution in [1.29, 1.82) is 0 Å². The van der Waals surface area contributed by atoms with Crippen molar-refractivity contribution < 1.29 is 4.74 Å². The average molecular weight is 369 g/mol. The predicted molar refractivity (Wildman–Crippen MR) is 114 cm³/mol. The molecule has 0 aliphatic carbocycles. The summed E-state index contributed by atoms with van der Waals surface area (Å²) in [6, 6.07) is 26.7. The summed E-state index contributed by atoms with van der Waals surface area (Å²) in [5.41, 5.74) is 3.41. The lowest BCUT2D eigenvalue weighted by molar-refractivity contribution is 0.414. The SMILES string of the molecule is COc1cccc(CNc2nc(CCc3ccccc3)nc3ccccc23)c1. The van der Waals surface area contributed by atoms with Gasteiger partial charge in [0.05, 0.1) is 12.6 Å². The molecule has 4 nitrogen and oxygen atoms in total. The maximum Gasteiger partial charge on any atom is 0.137 e. The van der Waals surface area contributed by atoms with Crippen LogP contribution in [-0.2, 0) is 19.4 Å². The lowest BCUT2D eigenvalue weighted by atomic mass is 10.1. The van der Waals surface area contributed by atoms with Crippen LogP contribution in [0.15, 0.2) is 78.9 Å². The summed E-state index contributed by atoms with van der Waals surface area (Å²) in [6.45, 7) is 0.677. The Kier molecular flexibility index (Phi) is 5.48. The second-order valence-corrected chi connectivity index (χ2v) is 6.70. The molecule has 4 heteroatoms. The summed E-state index contributed by atoms with van der Waals surface area (Å²) in [5, 5.41) is 4.52. The van der Waals surface area contributed by atoms with Gasteiger partial charge >= 0.3 is 0 Å². The molecular formula is C24H23N3O. The number of aryl methyl sites for hydroxylation is 2. The topological polar surface area (TPSA) is 47.0 Å². The van der Waals surface area contributed by atoms with Crippen LogP contribution in [0.25, 0.3) is 10.9 Å². The fourth-order valence-corrected chi connectivity index (χ4v) is 3.24. The van der Waals surface area contributed by atoms with Gasteiger partial charge in [0, 0.05) is 18.4 Å². The summed E-state index contributed by atoms with van der Waals surface area (Å²) in [7, 11) is 1.68. The molecule has 140 valence electrons. The van der Waals surface area contributed by atoms with Gasteiger partial charge in [-0.1, -0.05) is 54.6 Å². The molecule has 0 saturated carbocycles. The number of hydrogen-bond acceptors (Lipinski definition) is 4. The first-order valence-corrected chi connectivity index (χ1v) is 9.48. The number of nitrogens with zero attached hydrogens (tertiary/aromatic N) is 2. The van der Waals surface area contributed by atoms with Crippen molar-refractivity contribution in [2.24, 2.45) is 0 Å². The fourth-order valence-electron chi connectivity index (χ4n) is 3.24. The Labute approximate surface area is 165 Å². The zero-order valence-electron chi connectivity index (χ0n) is 15.9. The molecule has 0 atom stereocenters. The normalized spacial score (nSPS) is 10.8. The molecule has 0 unspecified atom stereocenters. The van der Waals surface area contributed by atoms with Crippen LogP contribution in [0.5, 0.6) is 5.75 Å². The number of rotatable bonds is 7. The van der Waals surface area contributed by atoms with E-state index in [9.17, 15) is 0 Å². The number of anilines is 1. The van der Waals surface area contributed by atoms with Gasteiger partial charge in [-0.05, 0) is 41.8 Å². The first-order valence-electron chi connectivity index (χ1n) is 9.48. The highest BCUT2D eigenvalue weighted by Crippen LogP contribution is 2.22. The average Bonchev–Trinajstić information content (AvgIpc) is 2.77. The highest BCUT2D eigenvalue weighted by molar-refractivity contribution is 5.88. The second kappa shape index (κ2) is 8.53. The summed E-state index contributed by atoms with van der Waals surface area (Å²) in [6.07, 6.45) is 1.73. The Hall–Kier alpha value is -3.40. The van der Waals surface area contributed by atoms with Gasteiger partial charge in [-0.15, -0.1) is 0 Å². The van der Waals surface area contributed by atoms with E-state index in [1.54, 1.807) is 7.11 Å². The van der Waals surface area contributed by atoms with Crippen LogP contribution in [0, 0.1) is 0 Å². The van der Waals surface area contributed by atoms with Gasteiger partial charge in [0.2, 0.25) is 0 Å². The Morgan fingerprint density at radius 3 is 2.43 bits per heavy atom. The Bertz CT molecular complexity index is 1060. The zero-order valence-corrected chi connectivity index (χ0v) is 15.9. The summed E-state index contributed by atoms with van der Waals surface area (Å²) < 4.78 is 5.32. The molecule has 0 amide bonds. The first kappa shape index (κ1) is 18.0. The van der Waals surface area contributed by atoms with Crippen molar-refractivity contribution in [2.75, 3.05) is 12.4 Å². The molecule has 0 saturated heterocycles. The van der Waals surface area contributed by atoms with Gasteiger partial charge in [0.25, 0.3) is 0 Å². The molecule has 0 fully saturated rings. The molecule has 1 N–H and O–H groups in total. The van der Waals surface area contributed by atoms with Gasteiger partial charge < -0.3 is 10.1 Å². The third-order valence-corrected chi connectivity index (χ3v) is 4.72. The predicted octanol–water partition coefficient (Wildman–Crippen LogP) is 5.04. The highest BCUT2D eigenvalue weighted by atomic mass is 16.5. The van der Waals surface area contributed by atoms with Crippen molar-refractivity contribution in [1.82, 2.24) is 9.97 Å². The Morgan fingerprint density at radius 2 is 1.57 bits per heavy atom. The van der Waals surface area contributed by atoms with E-state index in [4.69, 9.17) is 14.7 Å². The second-order valence-electron chi connectivity index (χ2n) is 6.70. The van der Waals surface area contributed by atoms with Gasteiger partial charge in [0.1, 0.15) is 17.4 Å². The largest absolute Gasteiger partial charge is 0.497 e. The molecule has 0 bridgehead atoms. The minimum atomic E-state index is 0.677. The quantitative estimate of drug-likeness (QED) is 0.496. The van der Waals surface area contributed by atoms with Crippen LogP contribution in [-0.4, -0.2) is 17.1 Å². The van der Waals surface area contributed by atoms with Gasteiger partial charge in [-0.25, -0.2) is 9.97 Å². The molecule has 0 aliphatic heterocycles. The van der Waals surface area contributed by atoms with E-state index in [0.717, 1.165) is 46.7 Å². The fraction of sp³-hybridized carbons (Fsp3) is 0.167. The third kappa shape index (κ3) is 4.29. The molecule has 0 aliphatic rings. The maximum absolute atomic E-state index is 5.32. The summed E-state index contributed by atoms with van der Waals surface area (Å²) >= 11 is 0. The van der Waals surface area contributed by atoms with Crippen molar-refractivity contribution in [3.05, 3.63) is 95.8 Å². The summed E-state index contributed by atoms with van der Waals surface area (Å²) in [5.74, 6) is 2.59. The van der Waals surface area contributed by atoms with E-state index >= 15 is 0 Å². The molecule has 3 aromatic carbocycles. The molecule has 4 rings (SSSR count). The lowest BCUT2D eigenvalue weighted by Gasteiger charge is -2.12. The number of fused-ring (bicyclic) bond motifs is 1. The van der Waals surface area contributed by atoms with Crippen LogP contribution in [0.2, 0.25) is 0 Å². The number of aromatic nitrogens is 2. The van der Waals surface area contributed by atoms with E-state index in [2.05, 4.69) is 41.7 Å². The number of methoxy groups -OCH3 is 1. The van der Waals surface area contributed by atoms with E-state index in [-0.39, 0.29) is 0 Å². The molecular weight excluding hydrogens is 346 g/mol. The van der Waals surface area contributed by atoms with Crippen molar-refractivity contribution in [2.45, 2.75) is 19.4 Å². The van der Waals surface area contributed by atoms with E-state index in [0.29, 0.717) is 6.54 Å². The minimum Gasteiger partial charge on any atom is -0.497 e. The van der Waals surface area contributed by atoms with Crippen molar-refractivity contribution >= 4 is 16.7 Å². The van der Waals surface area contributed by atoms with Crippen molar-refractivity contribution in [3.63, 3.8) is 0 Å². The van der Waals surface area contributed by atoms with Crippen LogP contribution < -0.4 is 10.1 Å². The lowest BCUT2D eigenvalue weighted by Crippen LogP contribution is -2.06. The van der Waals surface area contributed by atoms with Gasteiger partial charge in [-0.3, -0.25) is 0 Å². The van der Waals surface area contributed by atoms with Gasteiger partial charge in [-0.2, -0.15) is 0 Å². The minimum absolute atomic E-state index is 0.677. The molecule has 1 aromatic heterocycles. The first-order chi connectivity index (χ1) is 13.8. The Morgan fingerprint density at radius 1 is 0.786 bits per heavy atom. The number of para-hydroxylation sites is 1. The molecule has 28 heavy (non-hydrogen) atoms. The number of benzene rings is 3. The van der Waals surface area contributed by atoms with Crippen LogP contribution >= 0.6 is 0 Å². The zero-order chi connectivity index (χ0) is 19.2. The van der Waals surface area contributed by atoms with Crippen LogP contribution in [0.4, 0.5) is 5.82 Å². The molecule has 4 aromatic rings. The molecule has 0 radical (unpaired) electrons. The molecule has 0 spiro atoms. The third-order valence-electron chi connectivity index (χ3n) is 4.72. The van der Waals surface area contributed by atoms with Crippen molar-refractivity contribution in [3.8, 4) is 5.75 Å². The van der Waals surface area contributed by atoms with Gasteiger partial charge in [0.15, 0.2) is 0 Å². The van der Waals surface area contributed by atoms with E-state index in [1.807, 2.05) is 42.5 Å². The molecule has 1 heterocycles. The summed E-state index contributed by atoms with van der Waals surface area (Å²) in [4.78, 5) is 9.58. The Balaban J connectivity index is 1.57. The van der Waals surface area contributed by atoms with Crippen LogP contribution in [0.3, 0.4) is 0 Å². The van der Waals surface area contributed by atoms with Crippen LogP contribution in [0.1, 0.15) is 17.0 Å². The van der Waals surface area contributed by atoms with E-state index < -0.39 is 0 Å². The monoisotopic (exact) mass is 369 g/mol. The number of nitrogens with one attached hydrogen (secondary N) is 1. The number of ether oxygens (including phenoxy) is 1. The smallest absolute Gasteiger partial charge is 0.137 e. The standard InChI is InChI=1S/C24H23N3O/c1-28-20-11-7-10-19(16-20)17-25-24-21-12-5-6-13-22(21)26-23(27-24)15-14-18-8-3-2-4-9-18/h2-13,16H,14-15,17H2,1H3,(H,25,26,27). The highest BCUT2D eigenvalue weighted by Gasteiger charge is 2.08.